The van der Waals surface area contributed by atoms with E-state index in [-0.39, 0.29) is 5.56 Å². The molecule has 0 aliphatic carbocycles. The van der Waals surface area contributed by atoms with E-state index in [1.54, 1.807) is 42.6 Å². The molecule has 5 heteroatoms. The maximum absolute atomic E-state index is 13.6. The Balaban J connectivity index is 2.18. The molecule has 0 amide bonds. The fourth-order valence-corrected chi connectivity index (χ4v) is 1.92. The zero-order valence-electron chi connectivity index (χ0n) is 13.4. The van der Waals surface area contributed by atoms with E-state index in [2.05, 4.69) is 28.4 Å². The number of nitrogens with zero attached hydrogens (tertiary/aromatic N) is 4. The third-order valence-corrected chi connectivity index (χ3v) is 3.21. The third-order valence-electron chi connectivity index (χ3n) is 3.21. The van der Waals surface area contributed by atoms with Crippen molar-refractivity contribution in [2.45, 2.75) is 6.92 Å². The lowest BCUT2D eigenvalue weighted by Gasteiger charge is -2.20. The predicted octanol–water partition coefficient (Wildman–Crippen LogP) is 3.44. The Labute approximate surface area is 140 Å². The van der Waals surface area contributed by atoms with Crippen LogP contribution < -0.4 is 4.90 Å². The van der Waals surface area contributed by atoms with Crippen molar-refractivity contribution in [3.63, 3.8) is 0 Å². The molecule has 0 saturated carbocycles. The van der Waals surface area contributed by atoms with Gasteiger partial charge in [-0.2, -0.15) is 5.26 Å². The molecule has 118 valence electrons. The van der Waals surface area contributed by atoms with Gasteiger partial charge in [0.2, 0.25) is 5.82 Å². The molecule has 0 N–H and O–H groups in total. The summed E-state index contributed by atoms with van der Waals surface area (Å²) >= 11 is 0. The number of hydrogen-bond donors (Lipinski definition) is 0. The number of allylic oxidation sites excluding steroid dienone is 3. The Kier molecular flexibility index (Phi) is 5.44. The third kappa shape index (κ3) is 4.53. The summed E-state index contributed by atoms with van der Waals surface area (Å²) in [6, 6.07) is 7.84. The number of hydrogen-bond acceptors (Lipinski definition) is 4. The number of benzene rings is 1. The lowest BCUT2D eigenvalue weighted by molar-refractivity contribution is 0.627. The van der Waals surface area contributed by atoms with Crippen LogP contribution in [-0.4, -0.2) is 17.0 Å². The molecule has 0 bridgehead atoms. The van der Waals surface area contributed by atoms with Gasteiger partial charge in [-0.25, -0.2) is 14.4 Å². The minimum Gasteiger partial charge on any atom is -0.348 e. The van der Waals surface area contributed by atoms with Crippen LogP contribution in [0.15, 0.2) is 60.6 Å². The summed E-state index contributed by atoms with van der Waals surface area (Å²) in [6.07, 6.45) is 5.00. The molecular formula is C19H15FN4. The molecule has 0 fully saturated rings. The summed E-state index contributed by atoms with van der Waals surface area (Å²) < 4.78 is 13.6. The van der Waals surface area contributed by atoms with Crippen molar-refractivity contribution < 1.29 is 4.39 Å². The molecule has 0 saturated heterocycles. The maximum Gasteiger partial charge on any atom is 0.205 e. The Morgan fingerprint density at radius 2 is 2.00 bits per heavy atom. The highest BCUT2D eigenvalue weighted by Gasteiger charge is 2.07. The van der Waals surface area contributed by atoms with Gasteiger partial charge in [0.1, 0.15) is 5.82 Å². The van der Waals surface area contributed by atoms with Gasteiger partial charge in [0, 0.05) is 36.4 Å². The fourth-order valence-electron chi connectivity index (χ4n) is 1.92. The van der Waals surface area contributed by atoms with Crippen LogP contribution in [0.25, 0.3) is 0 Å². The Bertz CT molecular complexity index is 883. The molecule has 2 rings (SSSR count). The van der Waals surface area contributed by atoms with Gasteiger partial charge < -0.3 is 4.90 Å². The van der Waals surface area contributed by atoms with Crippen molar-refractivity contribution in [1.29, 1.82) is 5.26 Å². The first kappa shape index (κ1) is 16.9. The smallest absolute Gasteiger partial charge is 0.205 e. The Morgan fingerprint density at radius 1 is 1.29 bits per heavy atom. The first-order valence-electron chi connectivity index (χ1n) is 7.10. The highest BCUT2D eigenvalue weighted by Crippen LogP contribution is 2.21. The topological polar surface area (TPSA) is 52.8 Å². The summed E-state index contributed by atoms with van der Waals surface area (Å²) in [5, 5.41) is 8.94. The lowest BCUT2D eigenvalue weighted by Crippen LogP contribution is -2.14. The van der Waals surface area contributed by atoms with Gasteiger partial charge in [0.05, 0.1) is 11.6 Å². The summed E-state index contributed by atoms with van der Waals surface area (Å²) in [6.45, 7) is 5.73. The van der Waals surface area contributed by atoms with Crippen LogP contribution in [0.1, 0.15) is 18.3 Å². The molecular weight excluding hydrogens is 303 g/mol. The molecule has 0 radical (unpaired) electrons. The van der Waals surface area contributed by atoms with E-state index in [1.807, 2.05) is 13.0 Å². The van der Waals surface area contributed by atoms with Crippen LogP contribution in [-0.2, 0) is 0 Å². The highest BCUT2D eigenvalue weighted by molar-refractivity contribution is 5.56. The van der Waals surface area contributed by atoms with Crippen LogP contribution >= 0.6 is 0 Å². The summed E-state index contributed by atoms with van der Waals surface area (Å²) in [5.74, 6) is 5.65. The second-order valence-corrected chi connectivity index (χ2v) is 5.00. The lowest BCUT2D eigenvalue weighted by atomic mass is 10.1. The molecule has 0 aliphatic rings. The molecule has 0 atom stereocenters. The number of nitriles is 1. The van der Waals surface area contributed by atoms with E-state index in [0.29, 0.717) is 17.1 Å². The van der Waals surface area contributed by atoms with E-state index in [9.17, 15) is 4.39 Å². The van der Waals surface area contributed by atoms with E-state index >= 15 is 0 Å². The average molecular weight is 318 g/mol. The first-order chi connectivity index (χ1) is 11.5. The summed E-state index contributed by atoms with van der Waals surface area (Å²) in [5.41, 5.74) is 2.22. The van der Waals surface area contributed by atoms with E-state index in [4.69, 9.17) is 5.26 Å². The average Bonchev–Trinajstić information content (AvgIpc) is 2.59. The standard InChI is InChI=1S/C19H15FN4/c1-14(5-6-19-22-7-4-8-23-19)9-15(2)24(3)18-11-16(13-21)10-17(20)12-18/h4,7-12H,1H2,2-3H3/b15-9-. The molecule has 24 heavy (non-hydrogen) atoms. The van der Waals surface area contributed by atoms with Crippen LogP contribution in [0, 0.1) is 29.0 Å². The normalized spacial score (nSPS) is 10.3. The van der Waals surface area contributed by atoms with Gasteiger partial charge in [-0.1, -0.05) is 12.5 Å². The Morgan fingerprint density at radius 3 is 2.67 bits per heavy atom. The molecule has 4 nitrogen and oxygen atoms in total. The SMILES string of the molecule is C=C(C#Cc1ncccn1)/C=C(/C)N(C)c1cc(F)cc(C#N)c1. The largest absolute Gasteiger partial charge is 0.348 e. The van der Waals surface area contributed by atoms with Crippen LogP contribution in [0.5, 0.6) is 0 Å². The number of aromatic nitrogens is 2. The first-order valence-corrected chi connectivity index (χ1v) is 7.10. The van der Waals surface area contributed by atoms with Crippen molar-refractivity contribution in [3.05, 3.63) is 77.8 Å². The van der Waals surface area contributed by atoms with Gasteiger partial charge >= 0.3 is 0 Å². The minimum absolute atomic E-state index is 0.268. The monoisotopic (exact) mass is 318 g/mol. The molecule has 0 unspecified atom stereocenters. The quantitative estimate of drug-likeness (QED) is 0.642. The van der Waals surface area contributed by atoms with Crippen molar-refractivity contribution in [2.24, 2.45) is 0 Å². The predicted molar refractivity (Wildman–Crippen MR) is 91.3 cm³/mol. The zero-order valence-corrected chi connectivity index (χ0v) is 13.4. The van der Waals surface area contributed by atoms with Crippen molar-refractivity contribution in [1.82, 2.24) is 9.97 Å². The van der Waals surface area contributed by atoms with Crippen LogP contribution in [0.4, 0.5) is 10.1 Å². The van der Waals surface area contributed by atoms with Crippen molar-refractivity contribution in [2.75, 3.05) is 11.9 Å². The van der Waals surface area contributed by atoms with E-state index in [1.165, 1.54) is 12.1 Å². The van der Waals surface area contributed by atoms with Gasteiger partial charge in [-0.05, 0) is 43.2 Å². The highest BCUT2D eigenvalue weighted by atomic mass is 19.1. The van der Waals surface area contributed by atoms with Gasteiger partial charge in [-0.3, -0.25) is 0 Å². The summed E-state index contributed by atoms with van der Waals surface area (Å²) in [7, 11) is 1.78. The van der Waals surface area contributed by atoms with E-state index < -0.39 is 5.82 Å². The number of rotatable bonds is 3. The molecule has 2 aromatic rings. The molecule has 1 aromatic heterocycles. The van der Waals surface area contributed by atoms with Gasteiger partial charge in [0.15, 0.2) is 0 Å². The maximum atomic E-state index is 13.6. The van der Waals surface area contributed by atoms with Gasteiger partial charge in [-0.15, -0.1) is 0 Å². The van der Waals surface area contributed by atoms with Crippen molar-refractivity contribution >= 4 is 5.69 Å². The molecule has 1 heterocycles. The molecule has 0 aliphatic heterocycles. The second kappa shape index (κ2) is 7.71. The van der Waals surface area contributed by atoms with Gasteiger partial charge in [0.25, 0.3) is 0 Å². The molecule has 1 aromatic carbocycles. The van der Waals surface area contributed by atoms with Crippen molar-refractivity contribution in [3.8, 4) is 17.9 Å². The minimum atomic E-state index is -0.455. The zero-order chi connectivity index (χ0) is 17.5. The fraction of sp³-hybridized carbons (Fsp3) is 0.105. The van der Waals surface area contributed by atoms with E-state index in [0.717, 1.165) is 5.70 Å². The van der Waals surface area contributed by atoms with Crippen LogP contribution in [0.2, 0.25) is 0 Å². The van der Waals surface area contributed by atoms with Crippen LogP contribution in [0.3, 0.4) is 0 Å². The molecule has 0 spiro atoms. The summed E-state index contributed by atoms with van der Waals surface area (Å²) in [4.78, 5) is 9.78. The Hall–Kier alpha value is -3.44. The number of halogens is 1. The number of anilines is 1. The second-order valence-electron chi connectivity index (χ2n) is 5.00.